The molecule has 0 amide bonds. The molecule has 2 aromatic rings. The lowest BCUT2D eigenvalue weighted by molar-refractivity contribution is 0.553. The molecule has 0 bridgehead atoms. The lowest BCUT2D eigenvalue weighted by Gasteiger charge is -1.94. The SMILES string of the molecule is Cc1ccc(C)c2oc(CCl)nc12. The Labute approximate surface area is 81.5 Å². The van der Waals surface area contributed by atoms with Crippen LogP contribution in [-0.4, -0.2) is 4.98 Å². The Morgan fingerprint density at radius 2 is 2.00 bits per heavy atom. The number of fused-ring (bicyclic) bond motifs is 1. The van der Waals surface area contributed by atoms with E-state index >= 15 is 0 Å². The molecule has 1 aromatic heterocycles. The zero-order valence-corrected chi connectivity index (χ0v) is 8.35. The second kappa shape index (κ2) is 3.04. The molecule has 0 saturated heterocycles. The first-order valence-corrected chi connectivity index (χ1v) is 4.67. The Hall–Kier alpha value is -1.02. The molecule has 0 aliphatic heterocycles. The van der Waals surface area contributed by atoms with Crippen LogP contribution < -0.4 is 0 Å². The van der Waals surface area contributed by atoms with Gasteiger partial charge in [-0.05, 0) is 25.0 Å². The van der Waals surface area contributed by atoms with Gasteiger partial charge in [0, 0.05) is 0 Å². The molecule has 0 spiro atoms. The summed E-state index contributed by atoms with van der Waals surface area (Å²) >= 11 is 5.65. The van der Waals surface area contributed by atoms with Crippen molar-refractivity contribution in [2.45, 2.75) is 19.7 Å². The third kappa shape index (κ3) is 1.31. The van der Waals surface area contributed by atoms with Crippen LogP contribution in [0.4, 0.5) is 0 Å². The Balaban J connectivity index is 2.80. The Bertz CT molecular complexity index is 408. The zero-order valence-electron chi connectivity index (χ0n) is 7.60. The number of hydrogen-bond acceptors (Lipinski definition) is 2. The minimum absolute atomic E-state index is 0.327. The molecule has 68 valence electrons. The topological polar surface area (TPSA) is 26.0 Å². The highest BCUT2D eigenvalue weighted by Crippen LogP contribution is 2.23. The molecule has 0 fully saturated rings. The first-order chi connectivity index (χ1) is 6.22. The van der Waals surface area contributed by atoms with Crippen LogP contribution >= 0.6 is 11.6 Å². The number of aromatic nitrogens is 1. The van der Waals surface area contributed by atoms with E-state index in [0.29, 0.717) is 11.8 Å². The minimum atomic E-state index is 0.327. The molecule has 0 radical (unpaired) electrons. The van der Waals surface area contributed by atoms with E-state index < -0.39 is 0 Å². The number of benzene rings is 1. The van der Waals surface area contributed by atoms with Gasteiger partial charge in [-0.25, -0.2) is 4.98 Å². The van der Waals surface area contributed by atoms with Crippen LogP contribution in [0.3, 0.4) is 0 Å². The molecular formula is C10H10ClNO. The van der Waals surface area contributed by atoms with Gasteiger partial charge < -0.3 is 4.42 Å². The predicted octanol–water partition coefficient (Wildman–Crippen LogP) is 3.18. The molecule has 2 rings (SSSR count). The van der Waals surface area contributed by atoms with Crippen LogP contribution in [0.15, 0.2) is 16.5 Å². The lowest BCUT2D eigenvalue weighted by atomic mass is 10.1. The maximum Gasteiger partial charge on any atom is 0.210 e. The van der Waals surface area contributed by atoms with E-state index in [-0.39, 0.29) is 0 Å². The van der Waals surface area contributed by atoms with E-state index in [1.165, 1.54) is 0 Å². The molecule has 0 saturated carbocycles. The molecule has 0 aliphatic carbocycles. The van der Waals surface area contributed by atoms with Gasteiger partial charge in [-0.3, -0.25) is 0 Å². The Kier molecular flexibility index (Phi) is 2.00. The summed E-state index contributed by atoms with van der Waals surface area (Å²) in [6.07, 6.45) is 0. The van der Waals surface area contributed by atoms with Gasteiger partial charge in [-0.1, -0.05) is 12.1 Å². The van der Waals surface area contributed by atoms with Gasteiger partial charge in [0.25, 0.3) is 0 Å². The van der Waals surface area contributed by atoms with Crippen molar-refractivity contribution in [1.82, 2.24) is 4.98 Å². The van der Waals surface area contributed by atoms with Crippen LogP contribution in [0.1, 0.15) is 17.0 Å². The van der Waals surface area contributed by atoms with E-state index in [0.717, 1.165) is 22.2 Å². The Morgan fingerprint density at radius 3 is 2.62 bits per heavy atom. The Morgan fingerprint density at radius 1 is 1.31 bits per heavy atom. The molecular weight excluding hydrogens is 186 g/mol. The fraction of sp³-hybridized carbons (Fsp3) is 0.300. The first kappa shape index (κ1) is 8.57. The van der Waals surface area contributed by atoms with Crippen molar-refractivity contribution in [3.63, 3.8) is 0 Å². The predicted molar refractivity (Wildman–Crippen MR) is 53.0 cm³/mol. The monoisotopic (exact) mass is 195 g/mol. The molecule has 0 aliphatic rings. The van der Waals surface area contributed by atoms with Gasteiger partial charge >= 0.3 is 0 Å². The van der Waals surface area contributed by atoms with Crippen molar-refractivity contribution >= 4 is 22.7 Å². The van der Waals surface area contributed by atoms with Crippen molar-refractivity contribution in [2.24, 2.45) is 0 Å². The van der Waals surface area contributed by atoms with Crippen LogP contribution in [-0.2, 0) is 5.88 Å². The molecule has 2 nitrogen and oxygen atoms in total. The molecule has 13 heavy (non-hydrogen) atoms. The number of alkyl halides is 1. The van der Waals surface area contributed by atoms with E-state index in [9.17, 15) is 0 Å². The highest BCUT2D eigenvalue weighted by atomic mass is 35.5. The maximum absolute atomic E-state index is 5.65. The van der Waals surface area contributed by atoms with E-state index in [1.54, 1.807) is 0 Å². The summed E-state index contributed by atoms with van der Waals surface area (Å²) in [6.45, 7) is 4.02. The molecule has 1 aromatic carbocycles. The average molecular weight is 196 g/mol. The third-order valence-electron chi connectivity index (χ3n) is 2.10. The summed E-state index contributed by atoms with van der Waals surface area (Å²) in [5.41, 5.74) is 4.01. The number of nitrogens with zero attached hydrogens (tertiary/aromatic N) is 1. The number of rotatable bonds is 1. The lowest BCUT2D eigenvalue weighted by Crippen LogP contribution is -1.79. The van der Waals surface area contributed by atoms with Crippen LogP contribution in [0.5, 0.6) is 0 Å². The van der Waals surface area contributed by atoms with E-state index in [4.69, 9.17) is 16.0 Å². The molecule has 3 heteroatoms. The normalized spacial score (nSPS) is 11.0. The van der Waals surface area contributed by atoms with Crippen molar-refractivity contribution in [3.8, 4) is 0 Å². The smallest absolute Gasteiger partial charge is 0.210 e. The molecule has 0 unspecified atom stereocenters. The van der Waals surface area contributed by atoms with Crippen molar-refractivity contribution < 1.29 is 4.42 Å². The summed E-state index contributed by atoms with van der Waals surface area (Å²) in [6, 6.07) is 4.07. The van der Waals surface area contributed by atoms with E-state index in [1.807, 2.05) is 26.0 Å². The summed E-state index contributed by atoms with van der Waals surface area (Å²) in [5, 5.41) is 0. The second-order valence-electron chi connectivity index (χ2n) is 3.12. The molecule has 1 heterocycles. The largest absolute Gasteiger partial charge is 0.439 e. The molecule has 0 atom stereocenters. The van der Waals surface area contributed by atoms with Crippen molar-refractivity contribution in [2.75, 3.05) is 0 Å². The number of halogens is 1. The van der Waals surface area contributed by atoms with Crippen molar-refractivity contribution in [3.05, 3.63) is 29.2 Å². The summed E-state index contributed by atoms with van der Waals surface area (Å²) in [5.74, 6) is 0.919. The summed E-state index contributed by atoms with van der Waals surface area (Å²) in [4.78, 5) is 4.29. The highest BCUT2D eigenvalue weighted by molar-refractivity contribution is 6.16. The van der Waals surface area contributed by atoms with Crippen molar-refractivity contribution in [1.29, 1.82) is 0 Å². The summed E-state index contributed by atoms with van der Waals surface area (Å²) < 4.78 is 5.49. The number of hydrogen-bond donors (Lipinski definition) is 0. The third-order valence-corrected chi connectivity index (χ3v) is 2.33. The summed E-state index contributed by atoms with van der Waals surface area (Å²) in [7, 11) is 0. The standard InChI is InChI=1S/C10H10ClNO/c1-6-3-4-7(2)10-9(6)12-8(5-11)13-10/h3-4H,5H2,1-2H3. The van der Waals surface area contributed by atoms with Gasteiger partial charge in [-0.15, -0.1) is 11.6 Å². The van der Waals surface area contributed by atoms with Gasteiger partial charge in [-0.2, -0.15) is 0 Å². The minimum Gasteiger partial charge on any atom is -0.439 e. The van der Waals surface area contributed by atoms with E-state index in [2.05, 4.69) is 4.98 Å². The number of oxazole rings is 1. The fourth-order valence-corrected chi connectivity index (χ4v) is 1.48. The van der Waals surface area contributed by atoms with Crippen LogP contribution in [0.2, 0.25) is 0 Å². The second-order valence-corrected chi connectivity index (χ2v) is 3.39. The zero-order chi connectivity index (χ0) is 9.42. The van der Waals surface area contributed by atoms with Gasteiger partial charge in [0.2, 0.25) is 5.89 Å². The highest BCUT2D eigenvalue weighted by Gasteiger charge is 2.08. The molecule has 0 N–H and O–H groups in total. The first-order valence-electron chi connectivity index (χ1n) is 4.14. The number of aryl methyl sites for hydroxylation is 2. The maximum atomic E-state index is 5.65. The average Bonchev–Trinajstić information content (AvgIpc) is 2.56. The van der Waals surface area contributed by atoms with Gasteiger partial charge in [0.05, 0.1) is 5.88 Å². The van der Waals surface area contributed by atoms with Gasteiger partial charge in [0.15, 0.2) is 5.58 Å². The quantitative estimate of drug-likeness (QED) is 0.654. The van der Waals surface area contributed by atoms with Crippen LogP contribution in [0.25, 0.3) is 11.1 Å². The fourth-order valence-electron chi connectivity index (χ4n) is 1.36. The van der Waals surface area contributed by atoms with Crippen LogP contribution in [0, 0.1) is 13.8 Å². The van der Waals surface area contributed by atoms with Gasteiger partial charge in [0.1, 0.15) is 5.52 Å².